The van der Waals surface area contributed by atoms with E-state index in [-0.39, 0.29) is 22.8 Å². The molecular formula is C26H35NO4S. The summed E-state index contributed by atoms with van der Waals surface area (Å²) in [6.07, 6.45) is 7.78. The molecule has 0 spiro atoms. The molecule has 1 heterocycles. The highest BCUT2D eigenvalue weighted by atomic mass is 32.1. The van der Waals surface area contributed by atoms with Crippen molar-refractivity contribution in [2.45, 2.75) is 91.0 Å². The van der Waals surface area contributed by atoms with E-state index in [1.54, 1.807) is 6.92 Å². The van der Waals surface area contributed by atoms with Gasteiger partial charge < -0.3 is 9.64 Å². The molecule has 2 aliphatic rings. The summed E-state index contributed by atoms with van der Waals surface area (Å²) in [5.41, 5.74) is 0.0738. The van der Waals surface area contributed by atoms with Gasteiger partial charge >= 0.3 is 5.97 Å². The zero-order valence-electron chi connectivity index (χ0n) is 20.0. The Labute approximate surface area is 195 Å². The molecule has 1 amide bonds. The Balaban J connectivity index is 2.13. The van der Waals surface area contributed by atoms with E-state index in [9.17, 15) is 14.4 Å². The fraction of sp³-hybridized carbons (Fsp3) is 0.654. The highest BCUT2D eigenvalue weighted by Gasteiger charge is 2.48. The first-order valence-corrected chi connectivity index (χ1v) is 12.5. The number of ketones is 1. The molecule has 0 atom stereocenters. The van der Waals surface area contributed by atoms with Crippen molar-refractivity contribution in [1.82, 2.24) is 0 Å². The SMILES string of the molecule is COC(=O)c1sc(C#CC(C)(C)C)cc1N(C(C)=O)C1(C2CCC(=O)CC2)CCCCC1. The molecule has 0 aliphatic heterocycles. The van der Waals surface area contributed by atoms with Gasteiger partial charge in [0.25, 0.3) is 0 Å². The largest absolute Gasteiger partial charge is 0.465 e. The van der Waals surface area contributed by atoms with E-state index in [0.717, 1.165) is 49.8 Å². The topological polar surface area (TPSA) is 63.7 Å². The Bertz CT molecular complexity index is 927. The van der Waals surface area contributed by atoms with Crippen molar-refractivity contribution in [2.75, 3.05) is 12.0 Å². The highest BCUT2D eigenvalue weighted by molar-refractivity contribution is 7.15. The summed E-state index contributed by atoms with van der Waals surface area (Å²) in [6, 6.07) is 1.89. The van der Waals surface area contributed by atoms with Crippen LogP contribution in [-0.2, 0) is 14.3 Å². The van der Waals surface area contributed by atoms with Gasteiger partial charge in [-0.2, -0.15) is 0 Å². The minimum atomic E-state index is -0.440. The average Bonchev–Trinajstić information content (AvgIpc) is 3.16. The first kappa shape index (κ1) is 24.5. The number of methoxy groups -OCH3 is 1. The van der Waals surface area contributed by atoms with Crippen molar-refractivity contribution in [3.63, 3.8) is 0 Å². The number of esters is 1. The maximum absolute atomic E-state index is 13.2. The number of ether oxygens (including phenoxy) is 1. The van der Waals surface area contributed by atoms with Gasteiger partial charge in [-0.15, -0.1) is 11.3 Å². The number of hydrogen-bond donors (Lipinski definition) is 0. The monoisotopic (exact) mass is 457 g/mol. The van der Waals surface area contributed by atoms with Gasteiger partial charge in [-0.1, -0.05) is 31.1 Å². The van der Waals surface area contributed by atoms with E-state index in [1.807, 2.05) is 31.7 Å². The second kappa shape index (κ2) is 9.79. The zero-order valence-corrected chi connectivity index (χ0v) is 20.8. The number of Topliss-reactive ketones (excluding diaryl/α,β-unsaturated/α-hetero) is 1. The molecule has 0 saturated heterocycles. The summed E-state index contributed by atoms with van der Waals surface area (Å²) in [7, 11) is 1.37. The van der Waals surface area contributed by atoms with E-state index >= 15 is 0 Å². The summed E-state index contributed by atoms with van der Waals surface area (Å²) in [6.45, 7) is 7.71. The molecule has 174 valence electrons. The van der Waals surface area contributed by atoms with Crippen LogP contribution in [0.25, 0.3) is 0 Å². The standard InChI is InChI=1S/C26H35NO4S/c1-18(28)27(26(14-7-6-8-15-26)19-9-11-20(29)12-10-19)22-17-21(13-16-25(2,3)4)32-23(22)24(30)31-5/h17,19H,6-12,14-15H2,1-5H3. The quantitative estimate of drug-likeness (QED) is 0.427. The lowest BCUT2D eigenvalue weighted by atomic mass is 9.66. The van der Waals surface area contributed by atoms with Crippen LogP contribution in [0.4, 0.5) is 5.69 Å². The Morgan fingerprint density at radius 1 is 1.16 bits per heavy atom. The summed E-state index contributed by atoms with van der Waals surface area (Å²) < 4.78 is 5.09. The Morgan fingerprint density at radius 2 is 1.78 bits per heavy atom. The van der Waals surface area contributed by atoms with Gasteiger partial charge in [0.15, 0.2) is 0 Å². The normalized spacial score (nSPS) is 19.1. The lowest BCUT2D eigenvalue weighted by Crippen LogP contribution is -2.58. The lowest BCUT2D eigenvalue weighted by molar-refractivity contribution is -0.122. The second-order valence-electron chi connectivity index (χ2n) is 10.1. The predicted octanol–water partition coefficient (Wildman–Crippen LogP) is 5.75. The van der Waals surface area contributed by atoms with Gasteiger partial charge in [-0.05, 0) is 58.4 Å². The molecular weight excluding hydrogens is 422 g/mol. The molecule has 2 saturated carbocycles. The second-order valence-corrected chi connectivity index (χ2v) is 11.2. The molecule has 0 bridgehead atoms. The predicted molar refractivity (Wildman–Crippen MR) is 128 cm³/mol. The molecule has 1 aromatic heterocycles. The van der Waals surface area contributed by atoms with Crippen LogP contribution in [0.15, 0.2) is 6.07 Å². The fourth-order valence-corrected chi connectivity index (χ4v) is 6.19. The number of carbonyl (C=O) groups is 3. The number of nitrogens with zero attached hydrogens (tertiary/aromatic N) is 1. The molecule has 2 aliphatic carbocycles. The molecule has 0 unspecified atom stereocenters. The van der Waals surface area contributed by atoms with Crippen molar-refractivity contribution < 1.29 is 19.1 Å². The molecule has 0 aromatic carbocycles. The molecule has 5 nitrogen and oxygen atoms in total. The van der Waals surface area contributed by atoms with E-state index < -0.39 is 5.97 Å². The third kappa shape index (κ3) is 5.26. The summed E-state index contributed by atoms with van der Waals surface area (Å²) in [4.78, 5) is 41.0. The lowest BCUT2D eigenvalue weighted by Gasteiger charge is -2.52. The van der Waals surface area contributed by atoms with Gasteiger partial charge in [-0.3, -0.25) is 9.59 Å². The van der Waals surface area contributed by atoms with Gasteiger partial charge in [0.1, 0.15) is 10.7 Å². The van der Waals surface area contributed by atoms with E-state index in [4.69, 9.17) is 4.74 Å². The first-order valence-electron chi connectivity index (χ1n) is 11.7. The van der Waals surface area contributed by atoms with Gasteiger partial charge in [0, 0.05) is 25.2 Å². The Kier molecular flexibility index (Phi) is 7.50. The number of thiophene rings is 1. The zero-order chi connectivity index (χ0) is 23.5. The molecule has 6 heteroatoms. The molecule has 32 heavy (non-hydrogen) atoms. The van der Waals surface area contributed by atoms with Crippen LogP contribution in [0.3, 0.4) is 0 Å². The fourth-order valence-electron chi connectivity index (χ4n) is 5.28. The highest BCUT2D eigenvalue weighted by Crippen LogP contribution is 2.48. The van der Waals surface area contributed by atoms with Crippen LogP contribution < -0.4 is 4.90 Å². The number of rotatable bonds is 4. The minimum Gasteiger partial charge on any atom is -0.465 e. The third-order valence-electron chi connectivity index (χ3n) is 6.67. The van der Waals surface area contributed by atoms with Crippen LogP contribution >= 0.6 is 11.3 Å². The number of anilines is 1. The molecule has 0 radical (unpaired) electrons. The average molecular weight is 458 g/mol. The minimum absolute atomic E-state index is 0.0675. The van der Waals surface area contributed by atoms with Crippen molar-refractivity contribution in [3.8, 4) is 11.8 Å². The maximum Gasteiger partial charge on any atom is 0.350 e. The van der Waals surface area contributed by atoms with Crippen LogP contribution in [0.1, 0.15) is 100 Å². The summed E-state index contributed by atoms with van der Waals surface area (Å²) in [5.74, 6) is 6.48. The van der Waals surface area contributed by atoms with Gasteiger partial charge in [-0.25, -0.2) is 4.79 Å². The van der Waals surface area contributed by atoms with Crippen LogP contribution in [0.5, 0.6) is 0 Å². The molecule has 2 fully saturated rings. The first-order chi connectivity index (χ1) is 15.1. The third-order valence-corrected chi connectivity index (χ3v) is 7.69. The molecule has 3 rings (SSSR count). The van der Waals surface area contributed by atoms with Crippen LogP contribution in [0, 0.1) is 23.2 Å². The van der Waals surface area contributed by atoms with Crippen LogP contribution in [0.2, 0.25) is 0 Å². The maximum atomic E-state index is 13.2. The summed E-state index contributed by atoms with van der Waals surface area (Å²) >= 11 is 1.29. The van der Waals surface area contributed by atoms with Crippen molar-refractivity contribution in [3.05, 3.63) is 15.8 Å². The molecule has 1 aromatic rings. The number of hydrogen-bond acceptors (Lipinski definition) is 5. The smallest absolute Gasteiger partial charge is 0.350 e. The summed E-state index contributed by atoms with van der Waals surface area (Å²) in [5, 5.41) is 0. The van der Waals surface area contributed by atoms with E-state index in [0.29, 0.717) is 29.2 Å². The van der Waals surface area contributed by atoms with E-state index in [2.05, 4.69) is 11.8 Å². The van der Waals surface area contributed by atoms with E-state index in [1.165, 1.54) is 18.4 Å². The number of amides is 1. The van der Waals surface area contributed by atoms with Crippen molar-refractivity contribution >= 4 is 34.7 Å². The Hall–Kier alpha value is -2.13. The van der Waals surface area contributed by atoms with Gasteiger partial charge in [0.2, 0.25) is 5.91 Å². The van der Waals surface area contributed by atoms with Gasteiger partial charge in [0.05, 0.1) is 23.2 Å². The van der Waals surface area contributed by atoms with Crippen molar-refractivity contribution in [1.29, 1.82) is 0 Å². The Morgan fingerprint density at radius 3 is 2.31 bits per heavy atom. The van der Waals surface area contributed by atoms with Crippen LogP contribution in [-0.4, -0.2) is 30.3 Å². The number of carbonyl (C=O) groups excluding carboxylic acids is 3. The molecule has 0 N–H and O–H groups in total. The van der Waals surface area contributed by atoms with Crippen molar-refractivity contribution in [2.24, 2.45) is 11.3 Å².